The molecule has 6 aliphatic rings. The predicted octanol–water partition coefficient (Wildman–Crippen LogP) is 3.90. The molecule has 0 bridgehead atoms. The zero-order chi connectivity index (χ0) is 39.3. The minimum atomic E-state index is -1.57. The maximum atomic E-state index is 12.3. The SMILES string of the molecule is COC(C)(C)[C@H](O)C(O)CC(C)[C@@H]1CCC23CC12CCC1[C@@]2(C)CCC(OC(C)=O)C(C)(C)C2CC(OC2OC(COC(C)=O)C(O)C(O)C2O)[C@]13C. The van der Waals surface area contributed by atoms with Crippen molar-refractivity contribution in [3.05, 3.63) is 0 Å². The van der Waals surface area contributed by atoms with Crippen LogP contribution in [-0.4, -0.2) is 112 Å². The Morgan fingerprint density at radius 2 is 1.57 bits per heavy atom. The van der Waals surface area contributed by atoms with Crippen LogP contribution in [-0.2, 0) is 33.3 Å². The highest BCUT2D eigenvalue weighted by Crippen LogP contribution is 2.91. The molecule has 6 fully saturated rings. The first-order chi connectivity index (χ1) is 24.5. The van der Waals surface area contributed by atoms with Crippen molar-refractivity contribution < 1.29 is 58.8 Å². The van der Waals surface area contributed by atoms with Crippen molar-refractivity contribution >= 4 is 11.9 Å². The van der Waals surface area contributed by atoms with E-state index in [9.17, 15) is 35.1 Å². The number of carbonyl (C=O) groups excluding carboxylic acids is 2. The third-order valence-electron chi connectivity index (χ3n) is 16.7. The predicted molar refractivity (Wildman–Crippen MR) is 193 cm³/mol. The fourth-order valence-corrected chi connectivity index (χ4v) is 13.8. The highest BCUT2D eigenvalue weighted by atomic mass is 16.7. The largest absolute Gasteiger partial charge is 0.463 e. The summed E-state index contributed by atoms with van der Waals surface area (Å²) in [7, 11) is 1.55. The van der Waals surface area contributed by atoms with Gasteiger partial charge >= 0.3 is 11.9 Å². The van der Waals surface area contributed by atoms with Crippen LogP contribution in [0.15, 0.2) is 0 Å². The van der Waals surface area contributed by atoms with Gasteiger partial charge in [-0.15, -0.1) is 0 Å². The van der Waals surface area contributed by atoms with Gasteiger partial charge in [0.15, 0.2) is 6.29 Å². The van der Waals surface area contributed by atoms with Crippen LogP contribution in [0.25, 0.3) is 0 Å². The summed E-state index contributed by atoms with van der Waals surface area (Å²) in [5.74, 6) is -0.00419. The Hall–Kier alpha value is -1.38. The number of methoxy groups -OCH3 is 1. The number of aliphatic hydroxyl groups excluding tert-OH is 5. The lowest BCUT2D eigenvalue weighted by Crippen LogP contribution is -2.68. The van der Waals surface area contributed by atoms with Gasteiger partial charge in [0.05, 0.1) is 17.8 Å². The smallest absolute Gasteiger partial charge is 0.302 e. The first-order valence-electron chi connectivity index (χ1n) is 20.1. The number of aliphatic hydroxyl groups is 5. The molecule has 53 heavy (non-hydrogen) atoms. The topological polar surface area (TPSA) is 181 Å². The monoisotopic (exact) mass is 752 g/mol. The van der Waals surface area contributed by atoms with Crippen LogP contribution in [0.1, 0.15) is 120 Å². The minimum absolute atomic E-state index is 0.0357. The molecule has 5 aliphatic carbocycles. The Balaban J connectivity index is 1.35. The van der Waals surface area contributed by atoms with Gasteiger partial charge in [0.25, 0.3) is 0 Å². The fraction of sp³-hybridized carbons (Fsp3) is 0.951. The summed E-state index contributed by atoms with van der Waals surface area (Å²) in [6.07, 6.45) is -1.71. The highest BCUT2D eigenvalue weighted by molar-refractivity contribution is 5.66. The molecule has 0 radical (unpaired) electrons. The van der Waals surface area contributed by atoms with Gasteiger partial charge in [-0.2, -0.15) is 0 Å². The van der Waals surface area contributed by atoms with E-state index in [0.717, 1.165) is 44.9 Å². The first-order valence-corrected chi connectivity index (χ1v) is 20.1. The van der Waals surface area contributed by atoms with Crippen molar-refractivity contribution in [1.82, 2.24) is 0 Å². The van der Waals surface area contributed by atoms with Crippen molar-refractivity contribution in [2.24, 2.45) is 50.7 Å². The molecule has 13 unspecified atom stereocenters. The number of esters is 2. The summed E-state index contributed by atoms with van der Waals surface area (Å²) in [6, 6.07) is 0. The third-order valence-corrected chi connectivity index (χ3v) is 16.7. The Bertz CT molecular complexity index is 1390. The van der Waals surface area contributed by atoms with Crippen LogP contribution in [0.4, 0.5) is 0 Å². The van der Waals surface area contributed by atoms with Crippen molar-refractivity contribution in [1.29, 1.82) is 0 Å². The molecule has 0 aromatic heterocycles. The number of hydrogen-bond acceptors (Lipinski definition) is 12. The standard InChI is InChI=1S/C41H68O12/c1-21(17-25(44)34(48)37(6,7)49-10)24-11-16-41-20-40(24,41)15-12-27-38(8)14-13-29(51-23(3)43)36(4,5)28(38)18-30(39(27,41)9)53-35-33(47)32(46)31(45)26(52-35)19-50-22(2)42/h21,24-35,44-48H,11-20H2,1-10H3/t21?,24-,25?,26?,27?,28?,29?,30?,31?,32?,33?,34+,35?,38+,39-,40?,41?/m0/s1. The van der Waals surface area contributed by atoms with Gasteiger partial charge in [-0.05, 0) is 112 Å². The summed E-state index contributed by atoms with van der Waals surface area (Å²) in [5.41, 5.74) is -1.74. The molecular weight excluding hydrogens is 684 g/mol. The minimum Gasteiger partial charge on any atom is -0.463 e. The zero-order valence-corrected chi connectivity index (χ0v) is 33.7. The average molecular weight is 753 g/mol. The molecule has 304 valence electrons. The summed E-state index contributed by atoms with van der Waals surface area (Å²) in [5, 5.41) is 55.3. The van der Waals surface area contributed by atoms with Gasteiger partial charge < -0.3 is 49.2 Å². The molecular formula is C41H68O12. The van der Waals surface area contributed by atoms with Crippen LogP contribution in [0, 0.1) is 50.7 Å². The Morgan fingerprint density at radius 1 is 0.887 bits per heavy atom. The molecule has 6 rings (SSSR count). The Kier molecular flexibility index (Phi) is 10.8. The van der Waals surface area contributed by atoms with Gasteiger partial charge in [0, 0.05) is 31.8 Å². The molecule has 17 atom stereocenters. The van der Waals surface area contributed by atoms with Crippen LogP contribution >= 0.6 is 0 Å². The first kappa shape index (κ1) is 41.3. The maximum Gasteiger partial charge on any atom is 0.302 e. The molecule has 12 heteroatoms. The second-order valence-electron chi connectivity index (χ2n) is 19.7. The van der Waals surface area contributed by atoms with Gasteiger partial charge in [-0.1, -0.05) is 34.6 Å². The van der Waals surface area contributed by atoms with E-state index >= 15 is 0 Å². The molecule has 1 aliphatic heterocycles. The van der Waals surface area contributed by atoms with E-state index in [1.807, 2.05) is 0 Å². The molecule has 5 N–H and O–H groups in total. The summed E-state index contributed by atoms with van der Waals surface area (Å²) < 4.78 is 29.8. The lowest BCUT2D eigenvalue weighted by Gasteiger charge is -2.69. The molecule has 0 spiro atoms. The molecule has 1 saturated heterocycles. The van der Waals surface area contributed by atoms with Crippen molar-refractivity contribution in [2.45, 2.75) is 181 Å². The van der Waals surface area contributed by atoms with Gasteiger partial charge in [0.1, 0.15) is 43.2 Å². The second-order valence-corrected chi connectivity index (χ2v) is 19.7. The lowest BCUT2D eigenvalue weighted by molar-refractivity contribution is -0.344. The molecule has 1 heterocycles. The van der Waals surface area contributed by atoms with E-state index in [1.165, 1.54) is 13.8 Å². The lowest BCUT2D eigenvalue weighted by atomic mass is 9.37. The highest BCUT2D eigenvalue weighted by Gasteiger charge is 2.85. The quantitative estimate of drug-likeness (QED) is 0.152. The van der Waals surface area contributed by atoms with Crippen LogP contribution in [0.5, 0.6) is 0 Å². The molecule has 0 aromatic rings. The van der Waals surface area contributed by atoms with E-state index < -0.39 is 60.6 Å². The van der Waals surface area contributed by atoms with E-state index in [-0.39, 0.29) is 63.5 Å². The van der Waals surface area contributed by atoms with Crippen LogP contribution in [0.3, 0.4) is 0 Å². The number of ether oxygens (including phenoxy) is 5. The normalized spacial score (nSPS) is 47.5. The summed E-state index contributed by atoms with van der Waals surface area (Å²) >= 11 is 0. The number of rotatable bonds is 11. The molecule has 5 saturated carbocycles. The fourth-order valence-electron chi connectivity index (χ4n) is 13.8. The zero-order valence-electron chi connectivity index (χ0n) is 33.7. The van der Waals surface area contributed by atoms with E-state index in [4.69, 9.17) is 23.7 Å². The average Bonchev–Trinajstić information content (AvgIpc) is 3.65. The molecule has 0 amide bonds. The van der Waals surface area contributed by atoms with Crippen LogP contribution in [0.2, 0.25) is 0 Å². The van der Waals surface area contributed by atoms with E-state index in [1.54, 1.807) is 21.0 Å². The molecule has 12 nitrogen and oxygen atoms in total. The van der Waals surface area contributed by atoms with Gasteiger partial charge in [-0.3, -0.25) is 9.59 Å². The van der Waals surface area contributed by atoms with Crippen molar-refractivity contribution in [3.8, 4) is 0 Å². The van der Waals surface area contributed by atoms with Gasteiger partial charge in [-0.25, -0.2) is 0 Å². The van der Waals surface area contributed by atoms with Crippen molar-refractivity contribution in [2.75, 3.05) is 13.7 Å². The summed E-state index contributed by atoms with van der Waals surface area (Å²) in [4.78, 5) is 23.9. The molecule has 0 aromatic carbocycles. The Labute approximate surface area is 315 Å². The van der Waals surface area contributed by atoms with E-state index in [2.05, 4.69) is 34.6 Å². The maximum absolute atomic E-state index is 12.3. The number of fused-ring (bicyclic) bond motifs is 3. The Morgan fingerprint density at radius 3 is 2.19 bits per heavy atom. The number of hydrogen-bond donors (Lipinski definition) is 5. The van der Waals surface area contributed by atoms with E-state index in [0.29, 0.717) is 18.8 Å². The van der Waals surface area contributed by atoms with Gasteiger partial charge in [0.2, 0.25) is 0 Å². The summed E-state index contributed by atoms with van der Waals surface area (Å²) in [6.45, 7) is 17.4. The third kappa shape index (κ3) is 6.23. The number of carbonyl (C=O) groups is 2. The van der Waals surface area contributed by atoms with Crippen LogP contribution < -0.4 is 0 Å². The second kappa shape index (κ2) is 13.9. The van der Waals surface area contributed by atoms with Crippen molar-refractivity contribution in [3.63, 3.8) is 0 Å².